The van der Waals surface area contributed by atoms with Crippen molar-refractivity contribution in [3.8, 4) is 11.8 Å². The monoisotopic (exact) mass is 636 g/mol. The van der Waals surface area contributed by atoms with Gasteiger partial charge in [-0.25, -0.2) is 0 Å². The van der Waals surface area contributed by atoms with Crippen LogP contribution in [0.25, 0.3) is 6.08 Å². The van der Waals surface area contributed by atoms with Crippen LogP contribution in [-0.4, -0.2) is 10.7 Å². The highest BCUT2D eigenvalue weighted by Gasteiger charge is 2.16. The number of nitro benzene ring substituents is 1. The molecule has 0 N–H and O–H groups in total. The summed E-state index contributed by atoms with van der Waals surface area (Å²) >= 11 is 4.30. The number of benzene rings is 3. The Balaban J connectivity index is 1.86. The highest BCUT2D eigenvalue weighted by Crippen LogP contribution is 2.31. The SMILES string of the molecule is N#C/C(=C\c1cc(I)c(OCc2ccccc2)c(I)c1)C(=O)c1cccc([N+](=O)[O-])c1. The van der Waals surface area contributed by atoms with Gasteiger partial charge >= 0.3 is 0 Å². The van der Waals surface area contributed by atoms with Crippen LogP contribution in [0.5, 0.6) is 5.75 Å². The number of ketones is 1. The second kappa shape index (κ2) is 10.5. The zero-order valence-electron chi connectivity index (χ0n) is 15.9. The lowest BCUT2D eigenvalue weighted by molar-refractivity contribution is -0.384. The van der Waals surface area contributed by atoms with E-state index >= 15 is 0 Å². The maximum atomic E-state index is 12.7. The number of halogens is 2. The number of non-ortho nitro benzene ring substituents is 1. The average molecular weight is 636 g/mol. The molecular weight excluding hydrogens is 622 g/mol. The van der Waals surface area contributed by atoms with Crippen molar-refractivity contribution in [1.29, 1.82) is 5.26 Å². The summed E-state index contributed by atoms with van der Waals surface area (Å²) in [4.78, 5) is 23.1. The lowest BCUT2D eigenvalue weighted by Gasteiger charge is -2.12. The van der Waals surface area contributed by atoms with Crippen molar-refractivity contribution in [3.05, 3.63) is 106 Å². The van der Waals surface area contributed by atoms with Gasteiger partial charge in [-0.15, -0.1) is 0 Å². The van der Waals surface area contributed by atoms with Gasteiger partial charge in [-0.05, 0) is 74.5 Å². The van der Waals surface area contributed by atoms with Gasteiger partial charge in [-0.2, -0.15) is 5.26 Å². The summed E-state index contributed by atoms with van der Waals surface area (Å²) in [5, 5.41) is 20.5. The third-order valence-corrected chi connectivity index (χ3v) is 5.84. The molecule has 0 atom stereocenters. The van der Waals surface area contributed by atoms with Gasteiger partial charge in [0.1, 0.15) is 24.0 Å². The number of carbonyl (C=O) groups excluding carboxylic acids is 1. The molecule has 6 nitrogen and oxygen atoms in total. The Morgan fingerprint density at radius 1 is 1.06 bits per heavy atom. The van der Waals surface area contributed by atoms with Crippen LogP contribution < -0.4 is 4.74 Å². The van der Waals surface area contributed by atoms with E-state index in [1.165, 1.54) is 30.3 Å². The summed E-state index contributed by atoms with van der Waals surface area (Å²) in [6.45, 7) is 0.427. The molecule has 0 aliphatic heterocycles. The largest absolute Gasteiger partial charge is 0.487 e. The van der Waals surface area contributed by atoms with E-state index in [2.05, 4.69) is 45.2 Å². The minimum absolute atomic E-state index is 0.0919. The average Bonchev–Trinajstić information content (AvgIpc) is 2.77. The van der Waals surface area contributed by atoms with E-state index in [-0.39, 0.29) is 16.8 Å². The van der Waals surface area contributed by atoms with Gasteiger partial charge in [0.25, 0.3) is 5.69 Å². The lowest BCUT2D eigenvalue weighted by atomic mass is 10.0. The molecule has 0 unspecified atom stereocenters. The lowest BCUT2D eigenvalue weighted by Crippen LogP contribution is -2.03. The standard InChI is InChI=1S/C23H14I2N2O4/c24-20-10-16(11-21(25)23(20)31-14-15-5-2-1-3-6-15)9-18(13-26)22(28)17-7-4-8-19(12-17)27(29)30/h1-12H,14H2/b18-9+. The molecule has 31 heavy (non-hydrogen) atoms. The number of carbonyl (C=O) groups is 1. The summed E-state index contributed by atoms with van der Waals surface area (Å²) in [5.74, 6) is 0.159. The maximum absolute atomic E-state index is 12.7. The van der Waals surface area contributed by atoms with Crippen LogP contribution in [0.4, 0.5) is 5.69 Å². The van der Waals surface area contributed by atoms with Crippen molar-refractivity contribution in [1.82, 2.24) is 0 Å². The highest BCUT2D eigenvalue weighted by atomic mass is 127. The van der Waals surface area contributed by atoms with Crippen LogP contribution >= 0.6 is 45.2 Å². The molecule has 3 aromatic carbocycles. The van der Waals surface area contributed by atoms with Gasteiger partial charge in [0.15, 0.2) is 0 Å². The van der Waals surface area contributed by atoms with Crippen molar-refractivity contribution >= 4 is 62.7 Å². The smallest absolute Gasteiger partial charge is 0.270 e. The van der Waals surface area contributed by atoms with Gasteiger partial charge in [-0.3, -0.25) is 14.9 Å². The third kappa shape index (κ3) is 5.89. The van der Waals surface area contributed by atoms with Crippen LogP contribution in [-0.2, 0) is 6.61 Å². The van der Waals surface area contributed by atoms with Crippen molar-refractivity contribution in [2.75, 3.05) is 0 Å². The molecule has 154 valence electrons. The maximum Gasteiger partial charge on any atom is 0.270 e. The minimum atomic E-state index is -0.578. The van der Waals surface area contributed by atoms with E-state index in [1.54, 1.807) is 0 Å². The number of hydrogen-bond acceptors (Lipinski definition) is 5. The van der Waals surface area contributed by atoms with Gasteiger partial charge in [0.05, 0.1) is 12.1 Å². The molecule has 0 amide bonds. The molecule has 8 heteroatoms. The zero-order chi connectivity index (χ0) is 22.4. The fourth-order valence-corrected chi connectivity index (χ4v) is 4.89. The molecule has 0 saturated heterocycles. The first-order chi connectivity index (χ1) is 14.9. The van der Waals surface area contributed by atoms with Crippen molar-refractivity contribution in [2.24, 2.45) is 0 Å². The molecule has 0 heterocycles. The minimum Gasteiger partial charge on any atom is -0.487 e. The van der Waals surface area contributed by atoms with E-state index < -0.39 is 10.7 Å². The highest BCUT2D eigenvalue weighted by molar-refractivity contribution is 14.1. The van der Waals surface area contributed by atoms with Crippen molar-refractivity contribution in [3.63, 3.8) is 0 Å². The Morgan fingerprint density at radius 3 is 2.35 bits per heavy atom. The fraction of sp³-hybridized carbons (Fsp3) is 0.0435. The predicted molar refractivity (Wildman–Crippen MR) is 134 cm³/mol. The second-order valence-corrected chi connectivity index (χ2v) is 8.72. The predicted octanol–water partition coefficient (Wildman–Crippen LogP) is 6.17. The molecular formula is C23H14I2N2O4. The number of hydrogen-bond donors (Lipinski definition) is 0. The topological polar surface area (TPSA) is 93.2 Å². The number of nitriles is 1. The van der Waals surface area contributed by atoms with E-state index in [4.69, 9.17) is 4.74 Å². The molecule has 0 fully saturated rings. The van der Waals surface area contributed by atoms with E-state index in [0.717, 1.165) is 18.5 Å². The summed E-state index contributed by atoms with van der Waals surface area (Å²) in [6.07, 6.45) is 1.48. The summed E-state index contributed by atoms with van der Waals surface area (Å²) in [5.41, 5.74) is 1.50. The van der Waals surface area contributed by atoms with Crippen LogP contribution in [0.1, 0.15) is 21.5 Å². The number of nitrogens with zero attached hydrogens (tertiary/aromatic N) is 2. The summed E-state index contributed by atoms with van der Waals surface area (Å²) < 4.78 is 7.64. The van der Waals surface area contributed by atoms with E-state index in [0.29, 0.717) is 12.2 Å². The zero-order valence-corrected chi connectivity index (χ0v) is 20.2. The quantitative estimate of drug-likeness (QED) is 0.0773. The van der Waals surface area contributed by atoms with Crippen LogP contribution in [0.15, 0.2) is 72.3 Å². The van der Waals surface area contributed by atoms with Crippen LogP contribution in [0.2, 0.25) is 0 Å². The summed E-state index contributed by atoms with van der Waals surface area (Å²) in [7, 11) is 0. The van der Waals surface area contributed by atoms with Crippen LogP contribution in [0.3, 0.4) is 0 Å². The van der Waals surface area contributed by atoms with Crippen molar-refractivity contribution < 1.29 is 14.5 Å². The molecule has 0 aromatic heterocycles. The Hall–Kier alpha value is -2.78. The first kappa shape index (κ1) is 22.9. The molecule has 0 aliphatic carbocycles. The molecule has 0 aliphatic rings. The Labute approximate surface area is 206 Å². The fourth-order valence-electron chi connectivity index (χ4n) is 2.76. The first-order valence-corrected chi connectivity index (χ1v) is 11.1. The molecule has 0 spiro atoms. The number of nitro groups is 1. The number of rotatable bonds is 7. The Bertz CT molecular complexity index is 1190. The molecule has 0 radical (unpaired) electrons. The number of allylic oxidation sites excluding steroid dienone is 1. The number of Topliss-reactive ketones (excluding diaryl/α,β-unsaturated/α-hetero) is 1. The van der Waals surface area contributed by atoms with Crippen LogP contribution in [0, 0.1) is 28.6 Å². The number of ether oxygens (including phenoxy) is 1. The molecule has 3 rings (SSSR count). The van der Waals surface area contributed by atoms with E-state index in [9.17, 15) is 20.2 Å². The molecule has 3 aromatic rings. The second-order valence-electron chi connectivity index (χ2n) is 6.39. The van der Waals surface area contributed by atoms with Gasteiger partial charge in [0, 0.05) is 17.7 Å². The Kier molecular flexibility index (Phi) is 7.75. The summed E-state index contributed by atoms with van der Waals surface area (Å²) in [6, 6.07) is 20.7. The normalized spacial score (nSPS) is 10.9. The van der Waals surface area contributed by atoms with Gasteiger partial charge in [-0.1, -0.05) is 42.5 Å². The van der Waals surface area contributed by atoms with Crippen molar-refractivity contribution in [2.45, 2.75) is 6.61 Å². The van der Waals surface area contributed by atoms with Gasteiger partial charge in [0.2, 0.25) is 5.78 Å². The Morgan fingerprint density at radius 2 is 1.74 bits per heavy atom. The first-order valence-electron chi connectivity index (χ1n) is 8.95. The third-order valence-electron chi connectivity index (χ3n) is 4.24. The van der Waals surface area contributed by atoms with Gasteiger partial charge < -0.3 is 4.74 Å². The van der Waals surface area contributed by atoms with E-state index in [1.807, 2.05) is 48.5 Å². The molecule has 0 bridgehead atoms. The molecule has 0 saturated carbocycles.